The number of thiazole rings is 1. The minimum absolute atomic E-state index is 0.0338. The van der Waals surface area contributed by atoms with Crippen LogP contribution in [0.2, 0.25) is 0 Å². The molecule has 1 aliphatic rings. The smallest absolute Gasteiger partial charge is 0.409 e. The van der Waals surface area contributed by atoms with E-state index in [0.717, 1.165) is 10.6 Å². The van der Waals surface area contributed by atoms with Gasteiger partial charge >= 0.3 is 6.09 Å². The van der Waals surface area contributed by atoms with Crippen LogP contribution in [0.1, 0.15) is 27.9 Å². The van der Waals surface area contributed by atoms with E-state index < -0.39 is 21.8 Å². The van der Waals surface area contributed by atoms with Crippen LogP contribution in [0.3, 0.4) is 0 Å². The van der Waals surface area contributed by atoms with E-state index in [2.05, 4.69) is 10.3 Å². The average molecular weight is 409 g/mol. The van der Waals surface area contributed by atoms with E-state index in [1.54, 1.807) is 24.0 Å². The molecule has 0 unspecified atom stereocenters. The second-order valence-electron chi connectivity index (χ2n) is 5.92. The van der Waals surface area contributed by atoms with Gasteiger partial charge in [-0.15, -0.1) is 0 Å². The predicted molar refractivity (Wildman–Crippen MR) is 101 cm³/mol. The first kappa shape index (κ1) is 19.3. The molecule has 144 valence electrons. The van der Waals surface area contributed by atoms with Gasteiger partial charge in [-0.2, -0.15) is 0 Å². The van der Waals surface area contributed by atoms with Crippen LogP contribution < -0.4 is 5.32 Å². The van der Waals surface area contributed by atoms with Crippen molar-refractivity contribution in [2.45, 2.75) is 24.8 Å². The Hall–Kier alpha value is -2.46. The monoisotopic (exact) mass is 409 g/mol. The summed E-state index contributed by atoms with van der Waals surface area (Å²) in [4.78, 5) is 31.1. The maximum absolute atomic E-state index is 12.5. The highest BCUT2D eigenvalue weighted by Gasteiger charge is 2.25. The van der Waals surface area contributed by atoms with E-state index in [1.165, 1.54) is 30.6 Å². The van der Waals surface area contributed by atoms with Crippen LogP contribution >= 0.6 is 11.3 Å². The predicted octanol–water partition coefficient (Wildman–Crippen LogP) is 2.31. The van der Waals surface area contributed by atoms with Gasteiger partial charge in [0.2, 0.25) is 0 Å². The summed E-state index contributed by atoms with van der Waals surface area (Å²) in [7, 11) is -2.05. The van der Waals surface area contributed by atoms with Gasteiger partial charge in [0.1, 0.15) is 0 Å². The van der Waals surface area contributed by atoms with E-state index in [0.29, 0.717) is 24.6 Å². The van der Waals surface area contributed by atoms with E-state index in [1.807, 2.05) is 0 Å². The van der Waals surface area contributed by atoms with Gasteiger partial charge in [-0.1, -0.05) is 24.3 Å². The Morgan fingerprint density at radius 3 is 2.85 bits per heavy atom. The lowest BCUT2D eigenvalue weighted by molar-refractivity contribution is 0.102. The van der Waals surface area contributed by atoms with Crippen molar-refractivity contribution in [3.8, 4) is 0 Å². The quantitative estimate of drug-likeness (QED) is 0.831. The number of nitrogens with one attached hydrogen (secondary N) is 1. The number of anilines is 1. The summed E-state index contributed by atoms with van der Waals surface area (Å²) in [5, 5.41) is 3.13. The Bertz CT molecular complexity index is 984. The molecule has 0 bridgehead atoms. The SMILES string of the molecule is CCS(=O)(=O)c1cccc(C(=O)Nc2nc3c(s2)CN(C(=O)OC)CC3)c1. The number of hydrogen-bond acceptors (Lipinski definition) is 7. The van der Waals surface area contributed by atoms with Gasteiger partial charge < -0.3 is 9.64 Å². The molecule has 2 amide bonds. The highest BCUT2D eigenvalue weighted by molar-refractivity contribution is 7.91. The minimum atomic E-state index is -3.39. The molecule has 10 heteroatoms. The molecule has 0 radical (unpaired) electrons. The molecule has 0 atom stereocenters. The molecule has 2 heterocycles. The number of rotatable bonds is 4. The highest BCUT2D eigenvalue weighted by Crippen LogP contribution is 2.29. The van der Waals surface area contributed by atoms with Crippen LogP contribution in [0.4, 0.5) is 9.93 Å². The summed E-state index contributed by atoms with van der Waals surface area (Å²) >= 11 is 1.29. The first-order chi connectivity index (χ1) is 12.8. The van der Waals surface area contributed by atoms with Crippen LogP contribution in [0, 0.1) is 0 Å². The Morgan fingerprint density at radius 1 is 1.37 bits per heavy atom. The fourth-order valence-electron chi connectivity index (χ4n) is 2.70. The van der Waals surface area contributed by atoms with Crippen LogP contribution in [0.25, 0.3) is 0 Å². The van der Waals surface area contributed by atoms with Gasteiger partial charge in [-0.25, -0.2) is 18.2 Å². The zero-order chi connectivity index (χ0) is 19.6. The number of carbonyl (C=O) groups excluding carboxylic acids is 2. The first-order valence-electron chi connectivity index (χ1n) is 8.29. The summed E-state index contributed by atoms with van der Waals surface area (Å²) in [6.07, 6.45) is 0.190. The molecule has 1 N–H and O–H groups in total. The van der Waals surface area contributed by atoms with Crippen LogP contribution in [0.15, 0.2) is 29.2 Å². The van der Waals surface area contributed by atoms with Gasteiger partial charge in [-0.05, 0) is 18.2 Å². The van der Waals surface area contributed by atoms with Gasteiger partial charge in [-0.3, -0.25) is 10.1 Å². The van der Waals surface area contributed by atoms with E-state index in [-0.39, 0.29) is 16.2 Å². The van der Waals surface area contributed by atoms with Crippen molar-refractivity contribution in [3.05, 3.63) is 40.4 Å². The number of aromatic nitrogens is 1. The van der Waals surface area contributed by atoms with Gasteiger partial charge in [0.15, 0.2) is 15.0 Å². The lowest BCUT2D eigenvalue weighted by atomic mass is 10.2. The summed E-state index contributed by atoms with van der Waals surface area (Å²) in [5.74, 6) is -0.465. The van der Waals surface area contributed by atoms with Gasteiger partial charge in [0.05, 0.1) is 30.0 Å². The summed E-state index contributed by atoms with van der Waals surface area (Å²) in [5.41, 5.74) is 1.09. The number of hydrogen-bond donors (Lipinski definition) is 1. The fraction of sp³-hybridized carbons (Fsp3) is 0.353. The molecule has 1 aromatic carbocycles. The van der Waals surface area contributed by atoms with Crippen molar-refractivity contribution >= 4 is 38.3 Å². The van der Waals surface area contributed by atoms with E-state index in [9.17, 15) is 18.0 Å². The molecular weight excluding hydrogens is 390 g/mol. The maximum atomic E-state index is 12.5. The van der Waals surface area contributed by atoms with E-state index in [4.69, 9.17) is 4.74 Å². The third-order valence-corrected chi connectivity index (χ3v) is 6.95. The van der Waals surface area contributed by atoms with Gasteiger partial charge in [0, 0.05) is 23.4 Å². The third kappa shape index (κ3) is 4.11. The number of fused-ring (bicyclic) bond motifs is 1. The van der Waals surface area contributed by atoms with Gasteiger partial charge in [0.25, 0.3) is 5.91 Å². The standard InChI is InChI=1S/C17H19N3O5S2/c1-3-27(23,24)12-6-4-5-11(9-12)15(21)19-16-18-13-7-8-20(17(22)25-2)10-14(13)26-16/h4-6,9H,3,7-8,10H2,1-2H3,(H,18,19,21). The molecule has 0 spiro atoms. The van der Waals surface area contributed by atoms with Crippen molar-refractivity contribution in [2.24, 2.45) is 0 Å². The average Bonchev–Trinajstić information content (AvgIpc) is 3.08. The Balaban J connectivity index is 1.76. The van der Waals surface area contributed by atoms with Crippen molar-refractivity contribution in [1.29, 1.82) is 0 Å². The molecular formula is C17H19N3O5S2. The lowest BCUT2D eigenvalue weighted by Crippen LogP contribution is -2.35. The van der Waals surface area contributed by atoms with Crippen LogP contribution in [0.5, 0.6) is 0 Å². The molecule has 0 fully saturated rings. The van der Waals surface area contributed by atoms with Crippen LogP contribution in [-0.2, 0) is 27.5 Å². The summed E-state index contributed by atoms with van der Waals surface area (Å²) in [6.45, 7) is 2.45. The number of methoxy groups -OCH3 is 1. The minimum Gasteiger partial charge on any atom is -0.453 e. The zero-order valence-corrected chi connectivity index (χ0v) is 16.5. The van der Waals surface area contributed by atoms with Crippen LogP contribution in [-0.4, -0.2) is 49.7 Å². The third-order valence-electron chi connectivity index (χ3n) is 4.22. The molecule has 2 aromatic rings. The Kier molecular flexibility index (Phi) is 5.47. The van der Waals surface area contributed by atoms with Crippen molar-refractivity contribution in [2.75, 3.05) is 24.7 Å². The second-order valence-corrected chi connectivity index (χ2v) is 9.28. The Morgan fingerprint density at radius 2 is 2.15 bits per heavy atom. The highest BCUT2D eigenvalue weighted by atomic mass is 32.2. The molecule has 1 aromatic heterocycles. The Labute approximate surface area is 161 Å². The molecule has 27 heavy (non-hydrogen) atoms. The second kappa shape index (κ2) is 7.65. The molecule has 1 aliphatic heterocycles. The zero-order valence-electron chi connectivity index (χ0n) is 14.9. The molecule has 3 rings (SSSR count). The summed E-state index contributed by atoms with van der Waals surface area (Å²) < 4.78 is 28.7. The molecule has 0 saturated heterocycles. The van der Waals surface area contributed by atoms with Crippen molar-refractivity contribution in [1.82, 2.24) is 9.88 Å². The van der Waals surface area contributed by atoms with Crippen molar-refractivity contribution < 1.29 is 22.7 Å². The largest absolute Gasteiger partial charge is 0.453 e. The number of ether oxygens (including phenoxy) is 1. The normalized spacial score (nSPS) is 13.8. The number of nitrogens with zero attached hydrogens (tertiary/aromatic N) is 2. The lowest BCUT2D eigenvalue weighted by Gasteiger charge is -2.24. The molecule has 0 aliphatic carbocycles. The number of carbonyl (C=O) groups is 2. The number of amides is 2. The first-order valence-corrected chi connectivity index (χ1v) is 10.8. The van der Waals surface area contributed by atoms with Crippen molar-refractivity contribution in [3.63, 3.8) is 0 Å². The fourth-order valence-corrected chi connectivity index (χ4v) is 4.65. The number of benzene rings is 1. The number of sulfone groups is 1. The molecule has 8 nitrogen and oxygen atoms in total. The maximum Gasteiger partial charge on any atom is 0.409 e. The summed E-state index contributed by atoms with van der Waals surface area (Å²) in [6, 6.07) is 5.93. The molecule has 0 saturated carbocycles. The topological polar surface area (TPSA) is 106 Å². The van der Waals surface area contributed by atoms with E-state index >= 15 is 0 Å².